The van der Waals surface area contributed by atoms with Crippen molar-refractivity contribution in [2.24, 2.45) is 5.10 Å². The van der Waals surface area contributed by atoms with Gasteiger partial charge < -0.3 is 5.32 Å². The number of benzene rings is 3. The molecule has 140 valence electrons. The highest BCUT2D eigenvalue weighted by atomic mass is 16.2. The molecular formula is C24H23N3O. The number of carbonyl (C=O) groups is 1. The minimum Gasteiger partial charge on any atom is -0.388 e. The van der Waals surface area contributed by atoms with E-state index in [1.54, 1.807) is 5.01 Å². The van der Waals surface area contributed by atoms with E-state index in [4.69, 9.17) is 5.10 Å². The molecular weight excluding hydrogens is 346 g/mol. The number of amides is 1. The van der Waals surface area contributed by atoms with Gasteiger partial charge in [-0.25, -0.2) is 5.01 Å². The van der Waals surface area contributed by atoms with Crippen LogP contribution in [0.1, 0.15) is 29.0 Å². The highest BCUT2D eigenvalue weighted by Crippen LogP contribution is 2.31. The molecule has 1 heterocycles. The van der Waals surface area contributed by atoms with Gasteiger partial charge in [0.15, 0.2) is 0 Å². The monoisotopic (exact) mass is 369 g/mol. The van der Waals surface area contributed by atoms with E-state index in [9.17, 15) is 4.79 Å². The number of hydrazone groups is 1. The van der Waals surface area contributed by atoms with Crippen LogP contribution in [0.25, 0.3) is 0 Å². The first-order valence-electron chi connectivity index (χ1n) is 9.50. The predicted molar refractivity (Wildman–Crippen MR) is 113 cm³/mol. The molecule has 0 spiro atoms. The third kappa shape index (κ3) is 3.81. The molecule has 4 rings (SSSR count). The zero-order valence-corrected chi connectivity index (χ0v) is 15.9. The molecule has 0 fully saturated rings. The number of hydrogen-bond acceptors (Lipinski definition) is 3. The zero-order chi connectivity index (χ0) is 19.3. The van der Waals surface area contributed by atoms with Crippen molar-refractivity contribution in [3.63, 3.8) is 0 Å². The minimum atomic E-state index is -0.0406. The van der Waals surface area contributed by atoms with Gasteiger partial charge in [-0.3, -0.25) is 4.79 Å². The summed E-state index contributed by atoms with van der Waals surface area (Å²) in [7, 11) is 1.90. The van der Waals surface area contributed by atoms with E-state index in [-0.39, 0.29) is 11.8 Å². The Labute approximate surface area is 165 Å². The Morgan fingerprint density at radius 2 is 1.57 bits per heavy atom. The Morgan fingerprint density at radius 3 is 2.21 bits per heavy atom. The van der Waals surface area contributed by atoms with Crippen molar-refractivity contribution < 1.29 is 4.79 Å². The lowest BCUT2D eigenvalue weighted by atomic mass is 9.86. The summed E-state index contributed by atoms with van der Waals surface area (Å²) in [5.74, 6) is 0.00876. The van der Waals surface area contributed by atoms with Crippen LogP contribution in [-0.2, 0) is 11.3 Å². The molecule has 1 aliphatic rings. The zero-order valence-electron chi connectivity index (χ0n) is 15.9. The van der Waals surface area contributed by atoms with Crippen molar-refractivity contribution in [1.82, 2.24) is 5.01 Å². The smallest absolute Gasteiger partial charge is 0.243 e. The molecule has 0 saturated carbocycles. The quantitative estimate of drug-likeness (QED) is 0.711. The first-order chi connectivity index (χ1) is 13.7. The largest absolute Gasteiger partial charge is 0.388 e. The number of nitrogens with one attached hydrogen (secondary N) is 1. The second-order valence-corrected chi connectivity index (χ2v) is 6.92. The summed E-state index contributed by atoms with van der Waals surface area (Å²) < 4.78 is 0. The van der Waals surface area contributed by atoms with Gasteiger partial charge >= 0.3 is 0 Å². The number of anilines is 1. The van der Waals surface area contributed by atoms with Crippen molar-refractivity contribution in [3.05, 3.63) is 102 Å². The Hall–Kier alpha value is -3.40. The SMILES string of the molecule is CNc1ccc(C2=NN(Cc3ccccc3)C(=O)CC2c2ccccc2)cc1. The number of nitrogens with zero attached hydrogens (tertiary/aromatic N) is 2. The topological polar surface area (TPSA) is 44.7 Å². The first kappa shape index (κ1) is 18.0. The van der Waals surface area contributed by atoms with Crippen LogP contribution >= 0.6 is 0 Å². The average molecular weight is 369 g/mol. The maximum Gasteiger partial charge on any atom is 0.243 e. The predicted octanol–water partition coefficient (Wildman–Crippen LogP) is 4.65. The van der Waals surface area contributed by atoms with Crippen LogP contribution in [0, 0.1) is 0 Å². The maximum absolute atomic E-state index is 12.9. The molecule has 0 aliphatic carbocycles. The summed E-state index contributed by atoms with van der Waals surface area (Å²) in [6.45, 7) is 0.485. The van der Waals surface area contributed by atoms with Crippen molar-refractivity contribution in [2.45, 2.75) is 18.9 Å². The maximum atomic E-state index is 12.9. The second kappa shape index (κ2) is 8.09. The van der Waals surface area contributed by atoms with Crippen LogP contribution < -0.4 is 5.32 Å². The average Bonchev–Trinajstić information content (AvgIpc) is 2.76. The van der Waals surface area contributed by atoms with E-state index >= 15 is 0 Å². The fourth-order valence-electron chi connectivity index (χ4n) is 3.54. The molecule has 4 heteroatoms. The molecule has 4 nitrogen and oxygen atoms in total. The highest BCUT2D eigenvalue weighted by Gasteiger charge is 2.31. The summed E-state index contributed by atoms with van der Waals surface area (Å²) in [6.07, 6.45) is 0.420. The van der Waals surface area contributed by atoms with E-state index in [2.05, 4.69) is 29.6 Å². The van der Waals surface area contributed by atoms with Gasteiger partial charge in [0, 0.05) is 25.1 Å². The van der Waals surface area contributed by atoms with E-state index in [1.807, 2.05) is 67.7 Å². The van der Waals surface area contributed by atoms with E-state index in [1.165, 1.54) is 0 Å². The number of rotatable bonds is 5. The van der Waals surface area contributed by atoms with Gasteiger partial charge in [0.05, 0.1) is 12.3 Å². The minimum absolute atomic E-state index is 0.0406. The molecule has 0 aromatic heterocycles. The second-order valence-electron chi connectivity index (χ2n) is 6.92. The van der Waals surface area contributed by atoms with E-state index < -0.39 is 0 Å². The number of hydrogen-bond donors (Lipinski definition) is 1. The first-order valence-corrected chi connectivity index (χ1v) is 9.50. The lowest BCUT2D eigenvalue weighted by Gasteiger charge is -2.30. The fourth-order valence-corrected chi connectivity index (χ4v) is 3.54. The van der Waals surface area contributed by atoms with Gasteiger partial charge in [-0.1, -0.05) is 72.8 Å². The summed E-state index contributed by atoms with van der Waals surface area (Å²) >= 11 is 0. The molecule has 3 aromatic rings. The molecule has 1 unspecified atom stereocenters. The number of carbonyl (C=O) groups excluding carboxylic acids is 1. The van der Waals surface area contributed by atoms with Crippen molar-refractivity contribution in [2.75, 3.05) is 12.4 Å². The van der Waals surface area contributed by atoms with Gasteiger partial charge in [0.1, 0.15) is 0 Å². The molecule has 3 aromatic carbocycles. The van der Waals surface area contributed by atoms with Crippen LogP contribution in [0.5, 0.6) is 0 Å². The van der Waals surface area contributed by atoms with Crippen LogP contribution in [0.15, 0.2) is 90.0 Å². The molecule has 0 radical (unpaired) electrons. The van der Waals surface area contributed by atoms with Gasteiger partial charge in [0.25, 0.3) is 0 Å². The third-order valence-electron chi connectivity index (χ3n) is 5.07. The standard InChI is InChI=1S/C24H23N3O/c1-25-21-14-12-20(13-15-21)24-22(19-10-6-3-7-11-19)16-23(28)27(26-24)17-18-8-4-2-5-9-18/h2-15,22,25H,16-17H2,1H3. The Kier molecular flexibility index (Phi) is 5.20. The fraction of sp³-hybridized carbons (Fsp3) is 0.167. The van der Waals surface area contributed by atoms with Crippen LogP contribution in [0.2, 0.25) is 0 Å². The molecule has 1 N–H and O–H groups in total. The molecule has 1 aliphatic heterocycles. The van der Waals surface area contributed by atoms with Crippen LogP contribution in [0.4, 0.5) is 5.69 Å². The Morgan fingerprint density at radius 1 is 0.929 bits per heavy atom. The van der Waals surface area contributed by atoms with E-state index in [0.29, 0.717) is 13.0 Å². The van der Waals surface area contributed by atoms with Gasteiger partial charge in [-0.2, -0.15) is 5.10 Å². The molecule has 0 bridgehead atoms. The van der Waals surface area contributed by atoms with Crippen molar-refractivity contribution in [3.8, 4) is 0 Å². The van der Waals surface area contributed by atoms with Gasteiger partial charge in [0.2, 0.25) is 5.91 Å². The molecule has 0 saturated heterocycles. The lowest BCUT2D eigenvalue weighted by Crippen LogP contribution is -2.36. The van der Waals surface area contributed by atoms with Crippen molar-refractivity contribution >= 4 is 17.3 Å². The molecule has 1 amide bonds. The van der Waals surface area contributed by atoms with Crippen LogP contribution in [-0.4, -0.2) is 23.7 Å². The third-order valence-corrected chi connectivity index (χ3v) is 5.07. The lowest BCUT2D eigenvalue weighted by molar-refractivity contribution is -0.132. The Balaban J connectivity index is 1.73. The molecule has 1 atom stereocenters. The van der Waals surface area contributed by atoms with E-state index in [0.717, 1.165) is 28.1 Å². The summed E-state index contributed by atoms with van der Waals surface area (Å²) in [4.78, 5) is 12.9. The van der Waals surface area contributed by atoms with Gasteiger partial charge in [-0.15, -0.1) is 0 Å². The van der Waals surface area contributed by atoms with Crippen molar-refractivity contribution in [1.29, 1.82) is 0 Å². The highest BCUT2D eigenvalue weighted by molar-refractivity contribution is 6.09. The summed E-state index contributed by atoms with van der Waals surface area (Å²) in [5, 5.41) is 9.57. The van der Waals surface area contributed by atoms with Gasteiger partial charge in [-0.05, 0) is 28.8 Å². The summed E-state index contributed by atoms with van der Waals surface area (Å²) in [6, 6.07) is 28.4. The molecule has 28 heavy (non-hydrogen) atoms. The Bertz CT molecular complexity index is 966. The normalized spacial score (nSPS) is 16.6. The van der Waals surface area contributed by atoms with Crippen LogP contribution in [0.3, 0.4) is 0 Å². The summed E-state index contributed by atoms with van der Waals surface area (Å²) in [5.41, 5.74) is 5.21.